The van der Waals surface area contributed by atoms with Gasteiger partial charge in [-0.3, -0.25) is 4.79 Å². The molecule has 1 aromatic heterocycles. The number of primary sulfonamides is 1. The molecule has 146 valence electrons. The Morgan fingerprint density at radius 1 is 1.29 bits per heavy atom. The van der Waals surface area contributed by atoms with Crippen LogP contribution >= 0.6 is 0 Å². The lowest BCUT2D eigenvalue weighted by molar-refractivity contribution is 0.0725. The third-order valence-electron chi connectivity index (χ3n) is 4.98. The van der Waals surface area contributed by atoms with Gasteiger partial charge in [0.1, 0.15) is 11.6 Å². The molecule has 7 nitrogen and oxygen atoms in total. The maximum Gasteiger partial charge on any atom is 0.257 e. The fourth-order valence-corrected chi connectivity index (χ4v) is 4.12. The van der Waals surface area contributed by atoms with Crippen LogP contribution in [0.2, 0.25) is 0 Å². The number of carbonyl (C=O) groups excluding carboxylic acids is 1. The topological polar surface area (TPSA) is 109 Å². The summed E-state index contributed by atoms with van der Waals surface area (Å²) >= 11 is 0. The standard InChI is InChI=1S/C19H19FN4O3S/c1-11-4-7-15-16(9-11)23-18(22-15)17-3-2-8-24(17)19(25)13-6-5-12(10-14(13)20)28(21,26)27/h4-7,9-10,17H,2-3,8H2,1H3,(H,22,23)(H2,21,26,27)/t17-/m1/s1. The average molecular weight is 402 g/mol. The molecule has 1 aliphatic rings. The second-order valence-corrected chi connectivity index (χ2v) is 8.55. The normalized spacial score (nSPS) is 17.4. The first-order chi connectivity index (χ1) is 13.2. The Morgan fingerprint density at radius 3 is 2.79 bits per heavy atom. The number of aromatic amines is 1. The minimum atomic E-state index is -4.04. The Morgan fingerprint density at radius 2 is 2.07 bits per heavy atom. The zero-order chi connectivity index (χ0) is 20.1. The van der Waals surface area contributed by atoms with Gasteiger partial charge in [-0.1, -0.05) is 6.07 Å². The number of hydrogen-bond acceptors (Lipinski definition) is 4. The van der Waals surface area contributed by atoms with Crippen LogP contribution in [0.25, 0.3) is 11.0 Å². The van der Waals surface area contributed by atoms with Gasteiger partial charge >= 0.3 is 0 Å². The van der Waals surface area contributed by atoms with Crippen molar-refractivity contribution >= 4 is 27.0 Å². The monoisotopic (exact) mass is 402 g/mol. The summed E-state index contributed by atoms with van der Waals surface area (Å²) in [5.74, 6) is -0.756. The van der Waals surface area contributed by atoms with Crippen LogP contribution in [0, 0.1) is 12.7 Å². The number of H-pyrrole nitrogens is 1. The Kier molecular flexibility index (Phi) is 4.43. The van der Waals surface area contributed by atoms with Crippen LogP contribution in [0.5, 0.6) is 0 Å². The van der Waals surface area contributed by atoms with Crippen molar-refractivity contribution in [3.05, 3.63) is 59.2 Å². The van der Waals surface area contributed by atoms with Gasteiger partial charge in [-0.2, -0.15) is 0 Å². The Bertz CT molecular complexity index is 1190. The van der Waals surface area contributed by atoms with E-state index in [9.17, 15) is 17.6 Å². The maximum absolute atomic E-state index is 14.4. The van der Waals surface area contributed by atoms with E-state index in [0.29, 0.717) is 18.8 Å². The fourth-order valence-electron chi connectivity index (χ4n) is 3.60. The number of hydrogen-bond donors (Lipinski definition) is 2. The molecule has 1 amide bonds. The second kappa shape index (κ2) is 6.68. The van der Waals surface area contributed by atoms with E-state index in [4.69, 9.17) is 5.14 Å². The van der Waals surface area contributed by atoms with Crippen molar-refractivity contribution in [2.75, 3.05) is 6.54 Å². The van der Waals surface area contributed by atoms with Crippen LogP contribution in [0.15, 0.2) is 41.3 Å². The summed E-state index contributed by atoms with van der Waals surface area (Å²) in [4.78, 5) is 22.0. The average Bonchev–Trinajstić information content (AvgIpc) is 3.26. The molecule has 3 aromatic rings. The number of halogens is 1. The summed E-state index contributed by atoms with van der Waals surface area (Å²) in [6.45, 7) is 2.45. The van der Waals surface area contributed by atoms with E-state index in [2.05, 4.69) is 9.97 Å². The summed E-state index contributed by atoms with van der Waals surface area (Å²) < 4.78 is 37.2. The van der Waals surface area contributed by atoms with Crippen LogP contribution in [0.1, 0.15) is 40.6 Å². The zero-order valence-electron chi connectivity index (χ0n) is 15.1. The number of aryl methyl sites for hydroxylation is 1. The van der Waals surface area contributed by atoms with Crippen LogP contribution in [-0.4, -0.2) is 35.7 Å². The van der Waals surface area contributed by atoms with Gasteiger partial charge in [0.25, 0.3) is 5.91 Å². The fraction of sp³-hybridized carbons (Fsp3) is 0.263. The molecule has 0 bridgehead atoms. The highest BCUT2D eigenvalue weighted by molar-refractivity contribution is 7.89. The number of aromatic nitrogens is 2. The van der Waals surface area contributed by atoms with E-state index in [0.717, 1.165) is 41.2 Å². The number of nitrogens with zero attached hydrogens (tertiary/aromatic N) is 2. The number of fused-ring (bicyclic) bond motifs is 1. The number of imidazole rings is 1. The molecule has 1 fully saturated rings. The molecule has 2 heterocycles. The summed E-state index contributed by atoms with van der Waals surface area (Å²) in [6.07, 6.45) is 1.48. The number of nitrogens with two attached hydrogens (primary N) is 1. The smallest absolute Gasteiger partial charge is 0.257 e. The highest BCUT2D eigenvalue weighted by Crippen LogP contribution is 2.33. The first kappa shape index (κ1) is 18.6. The van der Waals surface area contributed by atoms with E-state index < -0.39 is 21.7 Å². The van der Waals surface area contributed by atoms with Crippen molar-refractivity contribution in [1.29, 1.82) is 0 Å². The van der Waals surface area contributed by atoms with E-state index in [1.807, 2.05) is 25.1 Å². The quantitative estimate of drug-likeness (QED) is 0.702. The predicted octanol–water partition coefficient (Wildman–Crippen LogP) is 2.64. The molecule has 1 atom stereocenters. The molecule has 0 aliphatic carbocycles. The summed E-state index contributed by atoms with van der Waals surface area (Å²) in [7, 11) is -4.04. The molecule has 0 unspecified atom stereocenters. The number of rotatable bonds is 3. The molecule has 0 spiro atoms. The van der Waals surface area contributed by atoms with E-state index in [1.165, 1.54) is 0 Å². The first-order valence-corrected chi connectivity index (χ1v) is 10.4. The van der Waals surface area contributed by atoms with Crippen molar-refractivity contribution in [1.82, 2.24) is 14.9 Å². The predicted molar refractivity (Wildman–Crippen MR) is 102 cm³/mol. The molecule has 2 aromatic carbocycles. The van der Waals surface area contributed by atoms with Crippen molar-refractivity contribution in [2.24, 2.45) is 5.14 Å². The van der Waals surface area contributed by atoms with Crippen LogP contribution in [-0.2, 0) is 10.0 Å². The second-order valence-electron chi connectivity index (χ2n) is 6.99. The Balaban J connectivity index is 1.66. The van der Waals surface area contributed by atoms with Crippen LogP contribution in [0.4, 0.5) is 4.39 Å². The number of sulfonamides is 1. The highest BCUT2D eigenvalue weighted by Gasteiger charge is 2.34. The number of amides is 1. The lowest BCUT2D eigenvalue weighted by Crippen LogP contribution is -2.31. The van der Waals surface area contributed by atoms with Crippen LogP contribution < -0.4 is 5.14 Å². The van der Waals surface area contributed by atoms with Gasteiger partial charge in [-0.05, 0) is 55.7 Å². The lowest BCUT2D eigenvalue weighted by atomic mass is 10.1. The summed E-state index contributed by atoms with van der Waals surface area (Å²) in [5.41, 5.74) is 2.60. The summed E-state index contributed by atoms with van der Waals surface area (Å²) in [5, 5.41) is 5.02. The molecule has 28 heavy (non-hydrogen) atoms. The molecular weight excluding hydrogens is 383 g/mol. The molecule has 1 saturated heterocycles. The number of likely N-dealkylation sites (tertiary alicyclic amines) is 1. The van der Waals surface area contributed by atoms with Crippen molar-refractivity contribution in [3.63, 3.8) is 0 Å². The van der Waals surface area contributed by atoms with Crippen molar-refractivity contribution < 1.29 is 17.6 Å². The molecule has 1 aliphatic heterocycles. The molecule has 9 heteroatoms. The summed E-state index contributed by atoms with van der Waals surface area (Å²) in [6, 6.07) is 8.65. The van der Waals surface area contributed by atoms with Gasteiger partial charge in [-0.15, -0.1) is 0 Å². The number of carbonyl (C=O) groups is 1. The molecule has 0 radical (unpaired) electrons. The van der Waals surface area contributed by atoms with E-state index in [1.54, 1.807) is 4.90 Å². The largest absolute Gasteiger partial charge is 0.340 e. The van der Waals surface area contributed by atoms with Gasteiger partial charge in [0.2, 0.25) is 10.0 Å². The Hall–Kier alpha value is -2.78. The van der Waals surface area contributed by atoms with E-state index in [-0.39, 0.29) is 16.5 Å². The lowest BCUT2D eigenvalue weighted by Gasteiger charge is -2.23. The maximum atomic E-state index is 14.4. The number of nitrogens with one attached hydrogen (secondary N) is 1. The minimum absolute atomic E-state index is 0.189. The van der Waals surface area contributed by atoms with Gasteiger partial charge in [-0.25, -0.2) is 22.9 Å². The molecule has 0 saturated carbocycles. The highest BCUT2D eigenvalue weighted by atomic mass is 32.2. The Labute approximate surface area is 161 Å². The van der Waals surface area contributed by atoms with Crippen molar-refractivity contribution in [3.8, 4) is 0 Å². The van der Waals surface area contributed by atoms with Gasteiger partial charge in [0.15, 0.2) is 0 Å². The molecular formula is C19H19FN4O3S. The van der Waals surface area contributed by atoms with Gasteiger partial charge in [0.05, 0.1) is 27.5 Å². The van der Waals surface area contributed by atoms with Crippen molar-refractivity contribution in [2.45, 2.75) is 30.7 Å². The number of benzene rings is 2. The molecule has 4 rings (SSSR count). The zero-order valence-corrected chi connectivity index (χ0v) is 16.0. The third kappa shape index (κ3) is 3.27. The van der Waals surface area contributed by atoms with Gasteiger partial charge in [0, 0.05) is 6.54 Å². The van der Waals surface area contributed by atoms with E-state index >= 15 is 0 Å². The SMILES string of the molecule is Cc1ccc2nc([C@H]3CCCN3C(=O)c3ccc(S(N)(=O)=O)cc3F)[nH]c2c1. The molecule has 3 N–H and O–H groups in total. The minimum Gasteiger partial charge on any atom is -0.340 e. The van der Waals surface area contributed by atoms with Gasteiger partial charge < -0.3 is 9.88 Å². The third-order valence-corrected chi connectivity index (χ3v) is 5.90. The van der Waals surface area contributed by atoms with Crippen LogP contribution in [0.3, 0.4) is 0 Å². The first-order valence-electron chi connectivity index (χ1n) is 8.83.